The molecular formula is C15H15NO2. The largest absolute Gasteiger partial charge is 0.491 e. The van der Waals surface area contributed by atoms with Gasteiger partial charge in [0.15, 0.2) is 0 Å². The van der Waals surface area contributed by atoms with Crippen LogP contribution in [-0.4, -0.2) is 24.3 Å². The van der Waals surface area contributed by atoms with Gasteiger partial charge in [0, 0.05) is 11.8 Å². The molecule has 1 aromatic heterocycles. The van der Waals surface area contributed by atoms with Crippen LogP contribution in [0.4, 0.5) is 0 Å². The topological polar surface area (TPSA) is 34.6 Å². The van der Waals surface area contributed by atoms with Crippen LogP contribution in [0.1, 0.15) is 5.56 Å². The molecule has 3 heteroatoms. The number of nitrogens with zero attached hydrogens (tertiary/aromatic N) is 1. The van der Waals surface area contributed by atoms with Crippen molar-refractivity contribution in [2.75, 3.05) is 13.2 Å². The van der Waals surface area contributed by atoms with Crippen molar-refractivity contribution in [3.05, 3.63) is 48.2 Å². The Morgan fingerprint density at radius 1 is 1.22 bits per heavy atom. The summed E-state index contributed by atoms with van der Waals surface area (Å²) in [4.78, 5) is 4.40. The van der Waals surface area contributed by atoms with Crippen LogP contribution in [0, 0.1) is 6.92 Å². The number of pyridine rings is 1. The highest BCUT2D eigenvalue weighted by Crippen LogP contribution is 2.21. The first-order valence-corrected chi connectivity index (χ1v) is 6.09. The van der Waals surface area contributed by atoms with E-state index in [0.29, 0.717) is 12.7 Å². The minimum Gasteiger partial charge on any atom is -0.491 e. The van der Waals surface area contributed by atoms with Crippen LogP contribution in [-0.2, 0) is 4.74 Å². The third-order valence-corrected chi connectivity index (χ3v) is 2.90. The van der Waals surface area contributed by atoms with Crippen molar-refractivity contribution in [2.45, 2.75) is 13.0 Å². The SMILES string of the molecule is Cc1ccc(-c2ccc(OCC3CO3)cc2)nc1. The van der Waals surface area contributed by atoms with E-state index >= 15 is 0 Å². The molecule has 0 radical (unpaired) electrons. The van der Waals surface area contributed by atoms with Gasteiger partial charge in [0.05, 0.1) is 12.3 Å². The summed E-state index contributed by atoms with van der Waals surface area (Å²) in [5, 5.41) is 0. The fourth-order valence-electron chi connectivity index (χ4n) is 1.71. The van der Waals surface area contributed by atoms with E-state index in [-0.39, 0.29) is 0 Å². The zero-order valence-corrected chi connectivity index (χ0v) is 10.3. The van der Waals surface area contributed by atoms with Gasteiger partial charge in [0.25, 0.3) is 0 Å². The standard InChI is InChI=1S/C15H15NO2/c1-11-2-7-15(16-8-11)12-3-5-13(6-4-12)17-9-14-10-18-14/h2-8,14H,9-10H2,1H3. The fourth-order valence-corrected chi connectivity index (χ4v) is 1.71. The molecule has 1 fully saturated rings. The quantitative estimate of drug-likeness (QED) is 0.772. The summed E-state index contributed by atoms with van der Waals surface area (Å²) in [5.41, 5.74) is 3.26. The average Bonchev–Trinajstić information content (AvgIpc) is 3.22. The highest BCUT2D eigenvalue weighted by atomic mass is 16.6. The molecule has 0 bridgehead atoms. The molecular weight excluding hydrogens is 226 g/mol. The Hall–Kier alpha value is -1.87. The van der Waals surface area contributed by atoms with Gasteiger partial charge < -0.3 is 9.47 Å². The van der Waals surface area contributed by atoms with Gasteiger partial charge in [-0.25, -0.2) is 0 Å². The van der Waals surface area contributed by atoms with Gasteiger partial charge in [-0.2, -0.15) is 0 Å². The van der Waals surface area contributed by atoms with Crippen LogP contribution in [0.25, 0.3) is 11.3 Å². The van der Waals surface area contributed by atoms with Crippen molar-refractivity contribution in [1.82, 2.24) is 4.98 Å². The molecule has 92 valence electrons. The summed E-state index contributed by atoms with van der Waals surface area (Å²) in [5.74, 6) is 0.876. The van der Waals surface area contributed by atoms with Gasteiger partial charge in [-0.05, 0) is 42.8 Å². The lowest BCUT2D eigenvalue weighted by molar-refractivity contribution is 0.263. The third kappa shape index (κ3) is 2.68. The van der Waals surface area contributed by atoms with Gasteiger partial charge in [-0.15, -0.1) is 0 Å². The van der Waals surface area contributed by atoms with Crippen molar-refractivity contribution in [2.24, 2.45) is 0 Å². The van der Waals surface area contributed by atoms with Gasteiger partial charge in [-0.3, -0.25) is 4.98 Å². The first-order valence-electron chi connectivity index (χ1n) is 6.09. The number of hydrogen-bond donors (Lipinski definition) is 0. The molecule has 2 aromatic rings. The molecule has 1 aliphatic heterocycles. The maximum atomic E-state index is 5.59. The van der Waals surface area contributed by atoms with Crippen LogP contribution in [0.3, 0.4) is 0 Å². The van der Waals surface area contributed by atoms with E-state index in [9.17, 15) is 0 Å². The molecule has 0 amide bonds. The number of epoxide rings is 1. The number of aryl methyl sites for hydroxylation is 1. The second kappa shape index (κ2) is 4.78. The summed E-state index contributed by atoms with van der Waals surface area (Å²) in [7, 11) is 0. The molecule has 0 spiro atoms. The van der Waals surface area contributed by atoms with Crippen molar-refractivity contribution in [1.29, 1.82) is 0 Å². The van der Waals surface area contributed by atoms with E-state index in [1.165, 1.54) is 5.56 Å². The summed E-state index contributed by atoms with van der Waals surface area (Å²) in [6.45, 7) is 3.50. The van der Waals surface area contributed by atoms with Crippen LogP contribution in [0.15, 0.2) is 42.6 Å². The molecule has 1 unspecified atom stereocenters. The van der Waals surface area contributed by atoms with Crippen molar-refractivity contribution in [3.8, 4) is 17.0 Å². The number of benzene rings is 1. The highest BCUT2D eigenvalue weighted by molar-refractivity contribution is 5.60. The first-order chi connectivity index (χ1) is 8.81. The fraction of sp³-hybridized carbons (Fsp3) is 0.267. The lowest BCUT2D eigenvalue weighted by Crippen LogP contribution is -2.03. The molecule has 1 saturated heterocycles. The second-order valence-electron chi connectivity index (χ2n) is 4.51. The van der Waals surface area contributed by atoms with Crippen LogP contribution in [0.5, 0.6) is 5.75 Å². The molecule has 0 N–H and O–H groups in total. The number of hydrogen-bond acceptors (Lipinski definition) is 3. The number of aromatic nitrogens is 1. The lowest BCUT2D eigenvalue weighted by atomic mass is 10.1. The van der Waals surface area contributed by atoms with Crippen LogP contribution < -0.4 is 4.74 Å². The Bertz CT molecular complexity index is 515. The molecule has 0 aliphatic carbocycles. The van der Waals surface area contributed by atoms with E-state index in [0.717, 1.165) is 23.6 Å². The predicted molar refractivity (Wildman–Crippen MR) is 69.6 cm³/mol. The Morgan fingerprint density at radius 2 is 2.00 bits per heavy atom. The van der Waals surface area contributed by atoms with Crippen LogP contribution in [0.2, 0.25) is 0 Å². The van der Waals surface area contributed by atoms with Gasteiger partial charge in [0.1, 0.15) is 18.5 Å². The van der Waals surface area contributed by atoms with Crippen molar-refractivity contribution in [3.63, 3.8) is 0 Å². The van der Waals surface area contributed by atoms with E-state index in [1.807, 2.05) is 43.5 Å². The monoisotopic (exact) mass is 241 g/mol. The minimum atomic E-state index is 0.295. The van der Waals surface area contributed by atoms with E-state index in [2.05, 4.69) is 11.1 Å². The molecule has 2 heterocycles. The van der Waals surface area contributed by atoms with Crippen molar-refractivity contribution < 1.29 is 9.47 Å². The molecule has 3 rings (SSSR count). The summed E-state index contributed by atoms with van der Waals surface area (Å²) in [6.07, 6.45) is 2.17. The van der Waals surface area contributed by atoms with Gasteiger partial charge in [-0.1, -0.05) is 6.07 Å². The molecule has 3 nitrogen and oxygen atoms in total. The Balaban J connectivity index is 1.71. The Morgan fingerprint density at radius 3 is 2.61 bits per heavy atom. The molecule has 1 aromatic carbocycles. The molecule has 1 atom stereocenters. The number of rotatable bonds is 4. The van der Waals surface area contributed by atoms with E-state index in [1.54, 1.807) is 0 Å². The molecule has 18 heavy (non-hydrogen) atoms. The summed E-state index contributed by atoms with van der Waals surface area (Å²) in [6, 6.07) is 12.1. The Labute approximate surface area is 106 Å². The maximum Gasteiger partial charge on any atom is 0.119 e. The zero-order chi connectivity index (χ0) is 12.4. The predicted octanol–water partition coefficient (Wildman–Crippen LogP) is 2.83. The average molecular weight is 241 g/mol. The van der Waals surface area contributed by atoms with E-state index < -0.39 is 0 Å². The van der Waals surface area contributed by atoms with Gasteiger partial charge >= 0.3 is 0 Å². The Kier molecular flexibility index (Phi) is 2.99. The first kappa shape index (κ1) is 11.2. The van der Waals surface area contributed by atoms with Crippen molar-refractivity contribution >= 4 is 0 Å². The lowest BCUT2D eigenvalue weighted by Gasteiger charge is -2.05. The highest BCUT2D eigenvalue weighted by Gasteiger charge is 2.22. The van der Waals surface area contributed by atoms with Gasteiger partial charge in [0.2, 0.25) is 0 Å². The normalized spacial score (nSPS) is 17.5. The molecule has 1 aliphatic rings. The molecule has 0 saturated carbocycles. The summed E-state index contributed by atoms with van der Waals surface area (Å²) >= 11 is 0. The van der Waals surface area contributed by atoms with E-state index in [4.69, 9.17) is 9.47 Å². The van der Waals surface area contributed by atoms with Crippen LogP contribution >= 0.6 is 0 Å². The minimum absolute atomic E-state index is 0.295. The smallest absolute Gasteiger partial charge is 0.119 e. The second-order valence-corrected chi connectivity index (χ2v) is 4.51. The maximum absolute atomic E-state index is 5.59. The zero-order valence-electron chi connectivity index (χ0n) is 10.3. The summed E-state index contributed by atoms with van der Waals surface area (Å²) < 4.78 is 10.7. The number of ether oxygens (including phenoxy) is 2. The third-order valence-electron chi connectivity index (χ3n) is 2.90.